The van der Waals surface area contributed by atoms with E-state index in [0.29, 0.717) is 13.0 Å². The Bertz CT molecular complexity index is 208. The molecule has 1 rings (SSSR count). The number of hydrogen-bond acceptors (Lipinski definition) is 3. The minimum absolute atomic E-state index is 0.129. The molecule has 1 amide bonds. The zero-order chi connectivity index (χ0) is 9.68. The van der Waals surface area contributed by atoms with Gasteiger partial charge in [-0.2, -0.15) is 5.06 Å². The molecule has 5 heteroatoms. The van der Waals surface area contributed by atoms with Gasteiger partial charge in [0, 0.05) is 6.42 Å². The molecule has 1 heterocycles. The lowest BCUT2D eigenvalue weighted by Gasteiger charge is -2.17. The Morgan fingerprint density at radius 3 is 2.92 bits per heavy atom. The van der Waals surface area contributed by atoms with Crippen molar-refractivity contribution in [1.82, 2.24) is 5.06 Å². The van der Waals surface area contributed by atoms with Crippen molar-refractivity contribution in [3.05, 3.63) is 0 Å². The molecule has 0 atom stereocenters. The Labute approximate surface area is 81.7 Å². The topological polar surface area (TPSA) is 46.6 Å². The maximum absolute atomic E-state index is 11.3. The van der Waals surface area contributed by atoms with E-state index in [1.807, 2.05) is 0 Å². The molecule has 0 unspecified atom stereocenters. The van der Waals surface area contributed by atoms with Gasteiger partial charge in [0.2, 0.25) is 0 Å². The summed E-state index contributed by atoms with van der Waals surface area (Å²) in [5, 5.41) is 1.12. The normalized spacial score (nSPS) is 18.2. The molecule has 0 aliphatic carbocycles. The number of rotatable bonds is 2. The zero-order valence-electron chi connectivity index (χ0n) is 7.29. The van der Waals surface area contributed by atoms with Crippen LogP contribution in [0.4, 0.5) is 0 Å². The third-order valence-corrected chi connectivity index (χ3v) is 2.07. The van der Waals surface area contributed by atoms with Crippen molar-refractivity contribution in [2.24, 2.45) is 0 Å². The number of nitrogens with zero attached hydrogens (tertiary/aromatic N) is 1. The van der Waals surface area contributed by atoms with Gasteiger partial charge in [-0.1, -0.05) is 6.42 Å². The summed E-state index contributed by atoms with van der Waals surface area (Å²) >= 11 is 5.25. The molecular weight excluding hydrogens is 194 g/mol. The van der Waals surface area contributed by atoms with Crippen LogP contribution in [-0.2, 0) is 14.4 Å². The second-order valence-corrected chi connectivity index (χ2v) is 3.17. The SMILES string of the molecule is O=C(CCl)ON1CCCCCC1=O. The second kappa shape index (κ2) is 5.07. The van der Waals surface area contributed by atoms with Gasteiger partial charge < -0.3 is 4.84 Å². The monoisotopic (exact) mass is 205 g/mol. The Balaban J connectivity index is 2.45. The molecule has 74 valence electrons. The molecule has 0 aromatic heterocycles. The molecule has 0 spiro atoms. The maximum Gasteiger partial charge on any atom is 0.347 e. The fourth-order valence-corrected chi connectivity index (χ4v) is 1.25. The third kappa shape index (κ3) is 3.22. The summed E-state index contributed by atoms with van der Waals surface area (Å²) in [5.74, 6) is -0.920. The largest absolute Gasteiger partial charge is 0.347 e. The van der Waals surface area contributed by atoms with Crippen LogP contribution in [0.15, 0.2) is 0 Å². The van der Waals surface area contributed by atoms with Crippen molar-refractivity contribution in [1.29, 1.82) is 0 Å². The lowest BCUT2D eigenvalue weighted by molar-refractivity contribution is -0.195. The molecule has 1 aliphatic rings. The van der Waals surface area contributed by atoms with Gasteiger partial charge in [-0.05, 0) is 12.8 Å². The van der Waals surface area contributed by atoms with E-state index in [2.05, 4.69) is 0 Å². The standard InChI is InChI=1S/C8H12ClNO3/c9-6-8(12)13-10-5-3-1-2-4-7(10)11/h1-6H2. The highest BCUT2D eigenvalue weighted by atomic mass is 35.5. The molecule has 4 nitrogen and oxygen atoms in total. The van der Waals surface area contributed by atoms with Crippen LogP contribution in [0.1, 0.15) is 25.7 Å². The summed E-state index contributed by atoms with van der Waals surface area (Å²) < 4.78 is 0. The first-order chi connectivity index (χ1) is 6.24. The van der Waals surface area contributed by atoms with Crippen molar-refractivity contribution in [3.8, 4) is 0 Å². The number of hydrogen-bond donors (Lipinski definition) is 0. The first kappa shape index (κ1) is 10.3. The number of carbonyl (C=O) groups excluding carboxylic acids is 2. The fraction of sp³-hybridized carbons (Fsp3) is 0.750. The summed E-state index contributed by atoms with van der Waals surface area (Å²) in [6, 6.07) is 0. The van der Waals surface area contributed by atoms with E-state index in [0.717, 1.165) is 24.3 Å². The predicted molar refractivity (Wildman–Crippen MR) is 47.0 cm³/mol. The predicted octanol–water partition coefficient (Wildman–Crippen LogP) is 1.09. The number of hydroxylamine groups is 2. The van der Waals surface area contributed by atoms with Gasteiger partial charge in [-0.15, -0.1) is 11.6 Å². The van der Waals surface area contributed by atoms with Crippen molar-refractivity contribution in [3.63, 3.8) is 0 Å². The van der Waals surface area contributed by atoms with Crippen LogP contribution in [0.5, 0.6) is 0 Å². The Morgan fingerprint density at radius 2 is 2.23 bits per heavy atom. The third-order valence-electron chi connectivity index (χ3n) is 1.85. The second-order valence-electron chi connectivity index (χ2n) is 2.90. The van der Waals surface area contributed by atoms with E-state index < -0.39 is 5.97 Å². The number of halogens is 1. The quantitative estimate of drug-likeness (QED) is 0.634. The lowest BCUT2D eigenvalue weighted by atomic mass is 10.2. The Hall–Kier alpha value is -0.770. The number of alkyl halides is 1. The Morgan fingerprint density at radius 1 is 1.46 bits per heavy atom. The molecule has 0 bridgehead atoms. The molecule has 1 aliphatic heterocycles. The van der Waals surface area contributed by atoms with E-state index in [1.165, 1.54) is 0 Å². The first-order valence-corrected chi connectivity index (χ1v) is 4.84. The minimum atomic E-state index is -0.572. The van der Waals surface area contributed by atoms with Gasteiger partial charge in [0.05, 0.1) is 6.54 Å². The van der Waals surface area contributed by atoms with Gasteiger partial charge in [0.1, 0.15) is 5.88 Å². The molecule has 0 aromatic rings. The molecule has 0 radical (unpaired) electrons. The first-order valence-electron chi connectivity index (χ1n) is 4.31. The van der Waals surface area contributed by atoms with Crippen molar-refractivity contribution < 1.29 is 14.4 Å². The number of amides is 1. The van der Waals surface area contributed by atoms with Crippen LogP contribution in [0.2, 0.25) is 0 Å². The molecule has 0 saturated carbocycles. The molecule has 0 aromatic carbocycles. The van der Waals surface area contributed by atoms with Gasteiger partial charge in [-0.3, -0.25) is 4.79 Å². The smallest absolute Gasteiger partial charge is 0.337 e. The van der Waals surface area contributed by atoms with Gasteiger partial charge in [-0.25, -0.2) is 4.79 Å². The van der Waals surface area contributed by atoms with Crippen LogP contribution in [0.25, 0.3) is 0 Å². The van der Waals surface area contributed by atoms with E-state index in [1.54, 1.807) is 0 Å². The summed E-state index contributed by atoms with van der Waals surface area (Å²) in [6.07, 6.45) is 3.20. The summed E-state index contributed by atoms with van der Waals surface area (Å²) in [4.78, 5) is 26.8. The van der Waals surface area contributed by atoms with Gasteiger partial charge in [0.25, 0.3) is 5.91 Å². The molecule has 1 saturated heterocycles. The average molecular weight is 206 g/mol. The average Bonchev–Trinajstić information content (AvgIpc) is 2.32. The van der Waals surface area contributed by atoms with Crippen LogP contribution in [-0.4, -0.2) is 29.4 Å². The van der Waals surface area contributed by atoms with Crippen LogP contribution in [0.3, 0.4) is 0 Å². The van der Waals surface area contributed by atoms with E-state index >= 15 is 0 Å². The van der Waals surface area contributed by atoms with Crippen LogP contribution in [0, 0.1) is 0 Å². The summed E-state index contributed by atoms with van der Waals surface area (Å²) in [5.41, 5.74) is 0. The van der Waals surface area contributed by atoms with Gasteiger partial charge in [0.15, 0.2) is 0 Å². The zero-order valence-corrected chi connectivity index (χ0v) is 8.05. The summed E-state index contributed by atoms with van der Waals surface area (Å²) in [6.45, 7) is 0.488. The summed E-state index contributed by atoms with van der Waals surface area (Å²) in [7, 11) is 0. The van der Waals surface area contributed by atoms with Crippen molar-refractivity contribution in [2.45, 2.75) is 25.7 Å². The van der Waals surface area contributed by atoms with Crippen molar-refractivity contribution in [2.75, 3.05) is 12.4 Å². The molecule has 0 N–H and O–H groups in total. The van der Waals surface area contributed by atoms with E-state index in [-0.39, 0.29) is 11.8 Å². The highest BCUT2D eigenvalue weighted by Crippen LogP contribution is 2.11. The molecule has 1 fully saturated rings. The highest BCUT2D eigenvalue weighted by molar-refractivity contribution is 6.26. The highest BCUT2D eigenvalue weighted by Gasteiger charge is 2.19. The fourth-order valence-electron chi connectivity index (χ4n) is 1.20. The Kier molecular flexibility index (Phi) is 4.02. The van der Waals surface area contributed by atoms with Crippen LogP contribution < -0.4 is 0 Å². The van der Waals surface area contributed by atoms with Crippen molar-refractivity contribution >= 4 is 23.5 Å². The minimum Gasteiger partial charge on any atom is -0.337 e. The molecular formula is C8H12ClNO3. The van der Waals surface area contributed by atoms with Gasteiger partial charge >= 0.3 is 5.97 Å². The van der Waals surface area contributed by atoms with E-state index in [4.69, 9.17) is 16.4 Å². The maximum atomic E-state index is 11.3. The lowest BCUT2D eigenvalue weighted by Crippen LogP contribution is -2.33. The van der Waals surface area contributed by atoms with Crippen LogP contribution >= 0.6 is 11.6 Å². The molecule has 13 heavy (non-hydrogen) atoms. The number of carbonyl (C=O) groups is 2. The van der Waals surface area contributed by atoms with E-state index in [9.17, 15) is 9.59 Å².